The average Bonchev–Trinajstić information content (AvgIpc) is 3.14. The van der Waals surface area contributed by atoms with Gasteiger partial charge in [0.2, 0.25) is 5.91 Å². The largest absolute Gasteiger partial charge is 0.497 e. The maximum atomic E-state index is 12.7. The van der Waals surface area contributed by atoms with Gasteiger partial charge in [0.05, 0.1) is 23.8 Å². The molecule has 5 rings (SSSR count). The van der Waals surface area contributed by atoms with Gasteiger partial charge in [-0.1, -0.05) is 12.1 Å². The fourth-order valence-electron chi connectivity index (χ4n) is 4.15. The molecule has 24 heavy (non-hydrogen) atoms. The van der Waals surface area contributed by atoms with Crippen molar-refractivity contribution in [3.05, 3.63) is 42.5 Å². The van der Waals surface area contributed by atoms with Gasteiger partial charge < -0.3 is 4.74 Å². The molecule has 1 atom stereocenters. The molecular formula is C19H17N3O2. The Labute approximate surface area is 139 Å². The fraction of sp³-hybridized carbons (Fsp3) is 0.263. The zero-order chi connectivity index (χ0) is 16.5. The number of rotatable bonds is 1. The van der Waals surface area contributed by atoms with E-state index in [9.17, 15) is 4.79 Å². The Kier molecular flexibility index (Phi) is 2.48. The molecule has 5 heteroatoms. The summed E-state index contributed by atoms with van der Waals surface area (Å²) in [6, 6.07) is 13.9. The monoisotopic (exact) mass is 319 g/mol. The van der Waals surface area contributed by atoms with E-state index in [-0.39, 0.29) is 5.91 Å². The number of para-hydroxylation sites is 2. The minimum absolute atomic E-state index is 0.160. The second-order valence-corrected chi connectivity index (χ2v) is 6.59. The first kappa shape index (κ1) is 13.6. The Hall–Kier alpha value is -2.82. The maximum absolute atomic E-state index is 12.7. The standard InChI is InChI=1S/C19H17N3O2/c1-19-10-9-17(23)21(19)15-8-7-12(24-2)11-13(15)18-20-14-5-3-4-6-16(14)22(18)19/h3-8,11H,9-10H2,1-2H3. The molecule has 0 bridgehead atoms. The Morgan fingerprint density at radius 3 is 2.88 bits per heavy atom. The number of imidazole rings is 1. The third-order valence-electron chi connectivity index (χ3n) is 5.27. The maximum Gasteiger partial charge on any atom is 0.229 e. The molecule has 0 spiro atoms. The van der Waals surface area contributed by atoms with Gasteiger partial charge in [-0.15, -0.1) is 0 Å². The molecule has 1 amide bonds. The molecular weight excluding hydrogens is 302 g/mol. The van der Waals surface area contributed by atoms with Crippen molar-refractivity contribution in [1.29, 1.82) is 0 Å². The van der Waals surface area contributed by atoms with E-state index < -0.39 is 5.66 Å². The van der Waals surface area contributed by atoms with E-state index in [1.54, 1.807) is 7.11 Å². The minimum atomic E-state index is -0.413. The molecule has 5 nitrogen and oxygen atoms in total. The van der Waals surface area contributed by atoms with Gasteiger partial charge in [-0.3, -0.25) is 14.3 Å². The van der Waals surface area contributed by atoms with Crippen LogP contribution >= 0.6 is 0 Å². The van der Waals surface area contributed by atoms with Crippen LogP contribution in [-0.2, 0) is 10.5 Å². The van der Waals surface area contributed by atoms with Crippen LogP contribution in [0.5, 0.6) is 5.75 Å². The van der Waals surface area contributed by atoms with E-state index in [0.717, 1.165) is 40.3 Å². The van der Waals surface area contributed by atoms with Crippen LogP contribution in [0, 0.1) is 0 Å². The highest BCUT2D eigenvalue weighted by Gasteiger charge is 2.49. The van der Waals surface area contributed by atoms with Crippen molar-refractivity contribution in [2.75, 3.05) is 12.0 Å². The van der Waals surface area contributed by atoms with Crippen LogP contribution < -0.4 is 9.64 Å². The summed E-state index contributed by atoms with van der Waals surface area (Å²) in [6.07, 6.45) is 1.33. The zero-order valence-corrected chi connectivity index (χ0v) is 13.6. The number of benzene rings is 2. The van der Waals surface area contributed by atoms with Crippen molar-refractivity contribution in [1.82, 2.24) is 9.55 Å². The number of hydrogen-bond acceptors (Lipinski definition) is 3. The molecule has 1 unspecified atom stereocenters. The number of ether oxygens (including phenoxy) is 1. The molecule has 1 aromatic heterocycles. The van der Waals surface area contributed by atoms with Crippen LogP contribution in [0.25, 0.3) is 22.4 Å². The van der Waals surface area contributed by atoms with E-state index in [4.69, 9.17) is 9.72 Å². The first-order valence-corrected chi connectivity index (χ1v) is 8.13. The lowest BCUT2D eigenvalue weighted by Gasteiger charge is -2.42. The predicted octanol–water partition coefficient (Wildman–Crippen LogP) is 3.53. The molecule has 120 valence electrons. The van der Waals surface area contributed by atoms with E-state index in [1.165, 1.54) is 0 Å². The number of hydrogen-bond donors (Lipinski definition) is 0. The molecule has 1 saturated heterocycles. The highest BCUT2D eigenvalue weighted by Crippen LogP contribution is 2.50. The lowest BCUT2D eigenvalue weighted by molar-refractivity contribution is -0.117. The number of amides is 1. The van der Waals surface area contributed by atoms with Gasteiger partial charge in [-0.2, -0.15) is 0 Å². The van der Waals surface area contributed by atoms with E-state index in [2.05, 4.69) is 17.6 Å². The second kappa shape index (κ2) is 4.38. The highest BCUT2D eigenvalue weighted by molar-refractivity contribution is 6.03. The van der Waals surface area contributed by atoms with Gasteiger partial charge in [0.15, 0.2) is 0 Å². The number of nitrogens with zero attached hydrogens (tertiary/aromatic N) is 3. The molecule has 0 radical (unpaired) electrons. The number of methoxy groups -OCH3 is 1. The van der Waals surface area contributed by atoms with Crippen LogP contribution in [0.4, 0.5) is 5.69 Å². The predicted molar refractivity (Wildman–Crippen MR) is 92.1 cm³/mol. The molecule has 1 fully saturated rings. The summed E-state index contributed by atoms with van der Waals surface area (Å²) in [5.41, 5.74) is 3.46. The smallest absolute Gasteiger partial charge is 0.229 e. The number of fused-ring (bicyclic) bond motifs is 8. The lowest BCUT2D eigenvalue weighted by atomic mass is 10.0. The van der Waals surface area contributed by atoms with E-state index in [1.807, 2.05) is 41.3 Å². The SMILES string of the molecule is COc1ccc2c(c1)-c1nc3ccccc3n1C1(C)CCC(=O)N21. The van der Waals surface area contributed by atoms with Gasteiger partial charge in [0.1, 0.15) is 17.2 Å². The van der Waals surface area contributed by atoms with Crippen LogP contribution in [0.2, 0.25) is 0 Å². The summed E-state index contributed by atoms with van der Waals surface area (Å²) in [4.78, 5) is 19.5. The van der Waals surface area contributed by atoms with Crippen molar-refractivity contribution >= 4 is 22.6 Å². The number of carbonyl (C=O) groups excluding carboxylic acids is 1. The molecule has 3 aromatic rings. The van der Waals surface area contributed by atoms with Crippen LogP contribution in [0.1, 0.15) is 19.8 Å². The van der Waals surface area contributed by atoms with Crippen molar-refractivity contribution in [3.8, 4) is 17.1 Å². The van der Waals surface area contributed by atoms with Crippen LogP contribution in [-0.4, -0.2) is 22.6 Å². The Morgan fingerprint density at radius 2 is 2.04 bits per heavy atom. The van der Waals surface area contributed by atoms with Gasteiger partial charge >= 0.3 is 0 Å². The number of carbonyl (C=O) groups is 1. The van der Waals surface area contributed by atoms with Gasteiger partial charge in [-0.25, -0.2) is 4.98 Å². The fourth-order valence-corrected chi connectivity index (χ4v) is 4.15. The Bertz CT molecular complexity index is 1010. The first-order chi connectivity index (χ1) is 11.6. The third kappa shape index (κ3) is 1.49. The quantitative estimate of drug-likeness (QED) is 0.689. The molecule has 0 aliphatic carbocycles. The van der Waals surface area contributed by atoms with E-state index in [0.29, 0.717) is 6.42 Å². The van der Waals surface area contributed by atoms with Gasteiger partial charge in [0, 0.05) is 12.0 Å². The molecule has 3 heterocycles. The van der Waals surface area contributed by atoms with Crippen molar-refractivity contribution in [3.63, 3.8) is 0 Å². The zero-order valence-electron chi connectivity index (χ0n) is 13.6. The molecule has 2 aromatic carbocycles. The van der Waals surface area contributed by atoms with Crippen molar-refractivity contribution < 1.29 is 9.53 Å². The summed E-state index contributed by atoms with van der Waals surface area (Å²) in [7, 11) is 1.65. The van der Waals surface area contributed by atoms with Crippen LogP contribution in [0.3, 0.4) is 0 Å². The highest BCUT2D eigenvalue weighted by atomic mass is 16.5. The summed E-state index contributed by atoms with van der Waals surface area (Å²) < 4.78 is 7.61. The molecule has 0 N–H and O–H groups in total. The van der Waals surface area contributed by atoms with E-state index >= 15 is 0 Å². The summed E-state index contributed by atoms with van der Waals surface area (Å²) in [6.45, 7) is 2.13. The Balaban J connectivity index is 1.93. The van der Waals surface area contributed by atoms with Gasteiger partial charge in [-0.05, 0) is 43.7 Å². The molecule has 2 aliphatic rings. The lowest BCUT2D eigenvalue weighted by Crippen LogP contribution is -2.48. The second-order valence-electron chi connectivity index (χ2n) is 6.59. The van der Waals surface area contributed by atoms with Crippen molar-refractivity contribution in [2.24, 2.45) is 0 Å². The molecule has 0 saturated carbocycles. The third-order valence-corrected chi connectivity index (χ3v) is 5.27. The minimum Gasteiger partial charge on any atom is -0.497 e. The molecule has 2 aliphatic heterocycles. The summed E-state index contributed by atoms with van der Waals surface area (Å²) in [5.74, 6) is 1.83. The van der Waals surface area contributed by atoms with Crippen molar-refractivity contribution in [2.45, 2.75) is 25.4 Å². The number of aromatic nitrogens is 2. The van der Waals surface area contributed by atoms with Gasteiger partial charge in [0.25, 0.3) is 0 Å². The summed E-state index contributed by atoms with van der Waals surface area (Å²) >= 11 is 0. The Morgan fingerprint density at radius 1 is 1.21 bits per heavy atom. The summed E-state index contributed by atoms with van der Waals surface area (Å²) in [5, 5.41) is 0. The topological polar surface area (TPSA) is 47.4 Å². The number of anilines is 1. The normalized spacial score (nSPS) is 21.6. The van der Waals surface area contributed by atoms with Crippen LogP contribution in [0.15, 0.2) is 42.5 Å². The first-order valence-electron chi connectivity index (χ1n) is 8.13. The average molecular weight is 319 g/mol.